The van der Waals surface area contributed by atoms with Crippen molar-refractivity contribution in [1.82, 2.24) is 10.6 Å². The molecule has 0 saturated carbocycles. The molecule has 0 aromatic heterocycles. The number of methoxy groups -OCH3 is 1. The Morgan fingerprint density at radius 2 is 1.86 bits per heavy atom. The normalized spacial score (nSPS) is 13.0. The average molecular weight is 308 g/mol. The topological polar surface area (TPSA) is 50.4 Å². The van der Waals surface area contributed by atoms with Gasteiger partial charge in [-0.1, -0.05) is 49.1 Å². The summed E-state index contributed by atoms with van der Waals surface area (Å²) in [5, 5.41) is 7.53. The molecule has 1 unspecified atom stereocenters. The molecule has 21 heavy (non-hydrogen) atoms. The highest BCUT2D eigenvalue weighted by Crippen LogP contribution is 2.04. The zero-order chi connectivity index (χ0) is 15.9. The van der Waals surface area contributed by atoms with Crippen molar-refractivity contribution in [1.29, 1.82) is 0 Å². The van der Waals surface area contributed by atoms with Crippen LogP contribution in [0.15, 0.2) is 24.3 Å². The van der Waals surface area contributed by atoms with Gasteiger partial charge in [0.15, 0.2) is 0 Å². The van der Waals surface area contributed by atoms with Crippen LogP contribution in [0.2, 0.25) is 19.6 Å². The number of amides is 1. The number of nitrogens with one attached hydrogen (secondary N) is 2. The van der Waals surface area contributed by atoms with Crippen molar-refractivity contribution in [3.05, 3.63) is 29.8 Å². The fourth-order valence-corrected chi connectivity index (χ4v) is 3.08. The molecule has 0 heterocycles. The zero-order valence-corrected chi connectivity index (χ0v) is 14.8. The molecule has 1 rings (SSSR count). The predicted octanol–water partition coefficient (Wildman–Crippen LogP) is 1.47. The Hall–Kier alpha value is -1.17. The van der Waals surface area contributed by atoms with Gasteiger partial charge in [-0.25, -0.2) is 0 Å². The third-order valence-corrected chi connectivity index (χ3v) is 5.50. The molecule has 118 valence electrons. The molecule has 1 aromatic carbocycles. The first-order chi connectivity index (χ1) is 9.84. The second kappa shape index (κ2) is 8.31. The molecule has 2 N–H and O–H groups in total. The van der Waals surface area contributed by atoms with E-state index in [2.05, 4.69) is 54.5 Å². The molecule has 0 spiro atoms. The first-order valence-electron chi connectivity index (χ1n) is 7.44. The molecule has 5 heteroatoms. The molecule has 0 radical (unpaired) electrons. The lowest BCUT2D eigenvalue weighted by Crippen LogP contribution is -2.43. The second-order valence-corrected chi connectivity index (χ2v) is 11.4. The Kier molecular flexibility index (Phi) is 7.08. The summed E-state index contributed by atoms with van der Waals surface area (Å²) in [6, 6.07) is 8.52. The van der Waals surface area contributed by atoms with Crippen LogP contribution in [0.3, 0.4) is 0 Å². The van der Waals surface area contributed by atoms with Crippen molar-refractivity contribution in [3.8, 4) is 0 Å². The van der Waals surface area contributed by atoms with Gasteiger partial charge in [-0.05, 0) is 12.5 Å². The van der Waals surface area contributed by atoms with E-state index < -0.39 is 8.07 Å². The molecule has 1 atom stereocenters. The standard InChI is InChI=1S/C16H28N2O2Si/c1-13(16(19)17-10-11-20-2)18-12-14-6-8-15(9-7-14)21(3,4)5/h6-9,13,18H,10-12H2,1-5H3,(H,17,19). The van der Waals surface area contributed by atoms with Gasteiger partial charge in [-0.3, -0.25) is 4.79 Å². The highest BCUT2D eigenvalue weighted by atomic mass is 28.3. The van der Waals surface area contributed by atoms with E-state index in [9.17, 15) is 4.79 Å². The summed E-state index contributed by atoms with van der Waals surface area (Å²) in [5.41, 5.74) is 1.20. The third kappa shape index (κ3) is 6.41. The van der Waals surface area contributed by atoms with E-state index in [1.54, 1.807) is 7.11 Å². The molecule has 0 aliphatic heterocycles. The van der Waals surface area contributed by atoms with E-state index in [1.807, 2.05) is 6.92 Å². The average Bonchev–Trinajstić information content (AvgIpc) is 2.44. The Bertz CT molecular complexity index is 441. The largest absolute Gasteiger partial charge is 0.383 e. The van der Waals surface area contributed by atoms with Crippen LogP contribution in [0.1, 0.15) is 12.5 Å². The minimum absolute atomic E-state index is 0.00534. The van der Waals surface area contributed by atoms with Gasteiger partial charge in [-0.2, -0.15) is 0 Å². The third-order valence-electron chi connectivity index (χ3n) is 3.43. The van der Waals surface area contributed by atoms with Gasteiger partial charge in [0.2, 0.25) is 5.91 Å². The van der Waals surface area contributed by atoms with Crippen LogP contribution in [0.25, 0.3) is 0 Å². The number of rotatable bonds is 8. The van der Waals surface area contributed by atoms with Gasteiger partial charge < -0.3 is 15.4 Å². The number of carbonyl (C=O) groups excluding carboxylic acids is 1. The molecular formula is C16H28N2O2Si. The van der Waals surface area contributed by atoms with Crippen LogP contribution in [0.5, 0.6) is 0 Å². The summed E-state index contributed by atoms with van der Waals surface area (Å²) in [7, 11) is 0.389. The van der Waals surface area contributed by atoms with Crippen molar-refractivity contribution < 1.29 is 9.53 Å². The van der Waals surface area contributed by atoms with Crippen LogP contribution < -0.4 is 15.8 Å². The maximum absolute atomic E-state index is 11.8. The van der Waals surface area contributed by atoms with E-state index in [4.69, 9.17) is 4.74 Å². The summed E-state index contributed by atoms with van der Waals surface area (Å²) < 4.78 is 4.91. The Labute approximate surface area is 129 Å². The quantitative estimate of drug-likeness (QED) is 0.565. The fraction of sp³-hybridized carbons (Fsp3) is 0.562. The van der Waals surface area contributed by atoms with E-state index in [1.165, 1.54) is 10.8 Å². The summed E-state index contributed by atoms with van der Waals surface area (Å²) in [6.07, 6.45) is 0. The second-order valence-electron chi connectivity index (χ2n) is 6.33. The number of ether oxygens (including phenoxy) is 1. The van der Waals surface area contributed by atoms with Crippen LogP contribution in [0.4, 0.5) is 0 Å². The number of hydrogen-bond acceptors (Lipinski definition) is 3. The first-order valence-corrected chi connectivity index (χ1v) is 10.9. The van der Waals surface area contributed by atoms with Crippen molar-refractivity contribution >= 4 is 19.2 Å². The molecule has 4 nitrogen and oxygen atoms in total. The highest BCUT2D eigenvalue weighted by Gasteiger charge is 2.16. The van der Waals surface area contributed by atoms with Gasteiger partial charge in [-0.15, -0.1) is 0 Å². The van der Waals surface area contributed by atoms with Crippen LogP contribution in [0, 0.1) is 0 Å². The molecule has 1 aromatic rings. The Morgan fingerprint density at radius 1 is 1.24 bits per heavy atom. The molecular weight excluding hydrogens is 280 g/mol. The Balaban J connectivity index is 2.42. The minimum atomic E-state index is -1.23. The monoisotopic (exact) mass is 308 g/mol. The number of benzene rings is 1. The van der Waals surface area contributed by atoms with Gasteiger partial charge in [0.25, 0.3) is 0 Å². The summed E-state index contributed by atoms with van der Waals surface area (Å²) in [5.74, 6) is 0.00534. The summed E-state index contributed by atoms with van der Waals surface area (Å²) >= 11 is 0. The molecule has 0 fully saturated rings. The summed E-state index contributed by atoms with van der Waals surface area (Å²) in [6.45, 7) is 10.7. The Morgan fingerprint density at radius 3 is 2.38 bits per heavy atom. The molecule has 0 saturated heterocycles. The van der Waals surface area contributed by atoms with Crippen molar-refractivity contribution in [2.45, 2.75) is 39.2 Å². The van der Waals surface area contributed by atoms with Gasteiger partial charge in [0.1, 0.15) is 0 Å². The zero-order valence-electron chi connectivity index (χ0n) is 13.8. The highest BCUT2D eigenvalue weighted by molar-refractivity contribution is 6.88. The SMILES string of the molecule is COCCNC(=O)C(C)NCc1ccc([Si](C)(C)C)cc1. The number of carbonyl (C=O) groups is 1. The van der Waals surface area contributed by atoms with Gasteiger partial charge in [0.05, 0.1) is 20.7 Å². The lowest BCUT2D eigenvalue weighted by atomic mass is 10.2. The molecule has 0 aliphatic rings. The predicted molar refractivity (Wildman–Crippen MR) is 90.6 cm³/mol. The molecule has 0 aliphatic carbocycles. The smallest absolute Gasteiger partial charge is 0.236 e. The van der Waals surface area contributed by atoms with Crippen LogP contribution in [-0.4, -0.2) is 40.3 Å². The molecule has 1 amide bonds. The van der Waals surface area contributed by atoms with Crippen molar-refractivity contribution in [2.24, 2.45) is 0 Å². The van der Waals surface area contributed by atoms with Crippen molar-refractivity contribution in [3.63, 3.8) is 0 Å². The van der Waals surface area contributed by atoms with Gasteiger partial charge in [0, 0.05) is 20.2 Å². The maximum Gasteiger partial charge on any atom is 0.236 e. The molecule has 0 bridgehead atoms. The van der Waals surface area contributed by atoms with E-state index in [0.717, 1.165) is 0 Å². The first kappa shape index (κ1) is 17.9. The van der Waals surface area contributed by atoms with Crippen molar-refractivity contribution in [2.75, 3.05) is 20.3 Å². The fourth-order valence-electron chi connectivity index (χ4n) is 1.92. The van der Waals surface area contributed by atoms with E-state index in [0.29, 0.717) is 19.7 Å². The van der Waals surface area contributed by atoms with Gasteiger partial charge >= 0.3 is 0 Å². The maximum atomic E-state index is 11.8. The van der Waals surface area contributed by atoms with Crippen LogP contribution in [-0.2, 0) is 16.1 Å². The minimum Gasteiger partial charge on any atom is -0.383 e. The van der Waals surface area contributed by atoms with Crippen LogP contribution >= 0.6 is 0 Å². The lowest BCUT2D eigenvalue weighted by molar-refractivity contribution is -0.122. The summed E-state index contributed by atoms with van der Waals surface area (Å²) in [4.78, 5) is 11.8. The van der Waals surface area contributed by atoms with E-state index >= 15 is 0 Å². The number of hydrogen-bond donors (Lipinski definition) is 2. The van der Waals surface area contributed by atoms with E-state index in [-0.39, 0.29) is 11.9 Å². The lowest BCUT2D eigenvalue weighted by Gasteiger charge is -2.17.